The number of oxazole rings is 1. The van der Waals surface area contributed by atoms with Crippen LogP contribution in [0, 0.1) is 10.1 Å². The predicted molar refractivity (Wildman–Crippen MR) is 120 cm³/mol. The van der Waals surface area contributed by atoms with Gasteiger partial charge < -0.3 is 14.6 Å². The minimum atomic E-state index is -0.582. The van der Waals surface area contributed by atoms with E-state index >= 15 is 0 Å². The molecule has 1 heterocycles. The van der Waals surface area contributed by atoms with Gasteiger partial charge in [-0.3, -0.25) is 14.9 Å². The molecule has 0 fully saturated rings. The van der Waals surface area contributed by atoms with Gasteiger partial charge in [-0.2, -0.15) is 0 Å². The Hall–Kier alpha value is -3.91. The Morgan fingerprint density at radius 3 is 2.52 bits per heavy atom. The van der Waals surface area contributed by atoms with Crippen LogP contribution in [-0.4, -0.2) is 29.9 Å². The van der Waals surface area contributed by atoms with E-state index in [0.717, 1.165) is 17.3 Å². The highest BCUT2D eigenvalue weighted by molar-refractivity contribution is 6.34. The fourth-order valence-electron chi connectivity index (χ4n) is 3.03. The summed E-state index contributed by atoms with van der Waals surface area (Å²) in [6.07, 6.45) is 0. The molecule has 8 nitrogen and oxygen atoms in total. The second-order valence-electron chi connectivity index (χ2n) is 7.02. The standard InChI is InChI=1S/C22H17ClN4O4/c1-26(2)15-6-3-13(4-7-15)22-25-19-11-14(5-10-20(19)31-22)24-21(28)17-12-16(27(29)30)8-9-18(17)23/h3-12H,1-2H3,(H,24,28). The molecule has 0 aliphatic heterocycles. The number of nitro groups is 1. The average Bonchev–Trinajstić information content (AvgIpc) is 3.17. The Balaban J connectivity index is 1.59. The van der Waals surface area contributed by atoms with Crippen LogP contribution in [0.15, 0.2) is 65.1 Å². The SMILES string of the molecule is CN(C)c1ccc(-c2nc3cc(NC(=O)c4cc([N+](=O)[O-])ccc4Cl)ccc3o2)cc1. The largest absolute Gasteiger partial charge is 0.436 e. The van der Waals surface area contributed by atoms with Crippen molar-refractivity contribution in [3.8, 4) is 11.5 Å². The lowest BCUT2D eigenvalue weighted by Gasteiger charge is -2.11. The van der Waals surface area contributed by atoms with Gasteiger partial charge in [0.2, 0.25) is 5.89 Å². The van der Waals surface area contributed by atoms with Crippen LogP contribution in [0.4, 0.5) is 17.1 Å². The Kier molecular flexibility index (Phi) is 5.31. The van der Waals surface area contributed by atoms with Crippen LogP contribution in [0.1, 0.15) is 10.4 Å². The van der Waals surface area contributed by atoms with Crippen molar-refractivity contribution in [3.63, 3.8) is 0 Å². The molecule has 0 bridgehead atoms. The number of amides is 1. The van der Waals surface area contributed by atoms with E-state index in [1.54, 1.807) is 18.2 Å². The van der Waals surface area contributed by atoms with Gasteiger partial charge in [0.25, 0.3) is 11.6 Å². The normalized spacial score (nSPS) is 10.8. The van der Waals surface area contributed by atoms with E-state index in [0.29, 0.717) is 22.7 Å². The van der Waals surface area contributed by atoms with Crippen LogP contribution in [0.5, 0.6) is 0 Å². The van der Waals surface area contributed by atoms with Gasteiger partial charge in [0.1, 0.15) is 5.52 Å². The number of aromatic nitrogens is 1. The van der Waals surface area contributed by atoms with E-state index in [9.17, 15) is 14.9 Å². The molecule has 0 radical (unpaired) electrons. The summed E-state index contributed by atoms with van der Waals surface area (Å²) in [6, 6.07) is 16.5. The van der Waals surface area contributed by atoms with Crippen molar-refractivity contribution in [2.75, 3.05) is 24.3 Å². The molecule has 156 valence electrons. The molecule has 9 heteroatoms. The molecule has 0 spiro atoms. The third-order valence-electron chi connectivity index (χ3n) is 4.68. The van der Waals surface area contributed by atoms with Crippen molar-refractivity contribution in [2.24, 2.45) is 0 Å². The maximum atomic E-state index is 12.6. The van der Waals surface area contributed by atoms with Gasteiger partial charge in [-0.1, -0.05) is 11.6 Å². The Labute approximate surface area is 182 Å². The number of nitro benzene ring substituents is 1. The molecule has 1 N–H and O–H groups in total. The lowest BCUT2D eigenvalue weighted by molar-refractivity contribution is -0.384. The van der Waals surface area contributed by atoms with Crippen LogP contribution in [0.25, 0.3) is 22.6 Å². The number of benzene rings is 3. The van der Waals surface area contributed by atoms with Crippen LogP contribution in [0.2, 0.25) is 5.02 Å². The van der Waals surface area contributed by atoms with Gasteiger partial charge in [-0.15, -0.1) is 0 Å². The van der Waals surface area contributed by atoms with Gasteiger partial charge >= 0.3 is 0 Å². The number of carbonyl (C=O) groups excluding carboxylic acids is 1. The van der Waals surface area contributed by atoms with E-state index in [2.05, 4.69) is 10.3 Å². The van der Waals surface area contributed by atoms with Crippen LogP contribution in [0.3, 0.4) is 0 Å². The Bertz CT molecular complexity index is 1300. The first kappa shape index (κ1) is 20.4. The quantitative estimate of drug-likeness (QED) is 0.333. The van der Waals surface area contributed by atoms with Crippen molar-refractivity contribution in [1.82, 2.24) is 4.98 Å². The number of anilines is 2. The molecule has 3 aromatic carbocycles. The zero-order valence-electron chi connectivity index (χ0n) is 16.6. The van der Waals surface area contributed by atoms with Crippen molar-refractivity contribution < 1.29 is 14.1 Å². The molecule has 1 amide bonds. The molecule has 1 aromatic heterocycles. The van der Waals surface area contributed by atoms with Crippen molar-refractivity contribution in [3.05, 3.63) is 81.4 Å². The molecule has 0 aliphatic carbocycles. The van der Waals surface area contributed by atoms with E-state index in [1.165, 1.54) is 12.1 Å². The summed E-state index contributed by atoms with van der Waals surface area (Å²) in [6.45, 7) is 0. The number of hydrogen-bond acceptors (Lipinski definition) is 6. The first-order chi connectivity index (χ1) is 14.8. The zero-order chi connectivity index (χ0) is 22.1. The maximum Gasteiger partial charge on any atom is 0.270 e. The number of rotatable bonds is 5. The molecule has 0 aliphatic rings. The minimum absolute atomic E-state index is 0.0118. The molecular formula is C22H17ClN4O4. The van der Waals surface area contributed by atoms with Crippen molar-refractivity contribution in [1.29, 1.82) is 0 Å². The summed E-state index contributed by atoms with van der Waals surface area (Å²) >= 11 is 6.05. The molecule has 0 saturated carbocycles. The summed E-state index contributed by atoms with van der Waals surface area (Å²) in [5, 5.41) is 13.8. The van der Waals surface area contributed by atoms with Gasteiger partial charge in [-0.25, -0.2) is 4.98 Å². The molecule has 0 unspecified atom stereocenters. The van der Waals surface area contributed by atoms with E-state index in [4.69, 9.17) is 16.0 Å². The monoisotopic (exact) mass is 436 g/mol. The maximum absolute atomic E-state index is 12.6. The van der Waals surface area contributed by atoms with Crippen molar-refractivity contribution >= 4 is 45.7 Å². The van der Waals surface area contributed by atoms with E-state index < -0.39 is 10.8 Å². The highest BCUT2D eigenvalue weighted by atomic mass is 35.5. The first-order valence-electron chi connectivity index (χ1n) is 9.25. The van der Waals surface area contributed by atoms with Gasteiger partial charge in [0.05, 0.1) is 15.5 Å². The van der Waals surface area contributed by atoms with Crippen LogP contribution < -0.4 is 10.2 Å². The fourth-order valence-corrected chi connectivity index (χ4v) is 3.23. The Morgan fingerprint density at radius 1 is 1.10 bits per heavy atom. The van der Waals surface area contributed by atoms with Crippen LogP contribution in [-0.2, 0) is 0 Å². The Morgan fingerprint density at radius 2 is 1.84 bits per heavy atom. The van der Waals surface area contributed by atoms with Gasteiger partial charge in [0.15, 0.2) is 5.58 Å². The number of nitrogens with zero attached hydrogens (tertiary/aromatic N) is 3. The van der Waals surface area contributed by atoms with E-state index in [-0.39, 0.29) is 16.3 Å². The summed E-state index contributed by atoms with van der Waals surface area (Å²) in [4.78, 5) is 29.5. The summed E-state index contributed by atoms with van der Waals surface area (Å²) in [7, 11) is 3.93. The zero-order valence-corrected chi connectivity index (χ0v) is 17.4. The third-order valence-corrected chi connectivity index (χ3v) is 5.01. The summed E-state index contributed by atoms with van der Waals surface area (Å²) < 4.78 is 5.83. The second-order valence-corrected chi connectivity index (χ2v) is 7.43. The second kappa shape index (κ2) is 8.08. The highest BCUT2D eigenvalue weighted by Crippen LogP contribution is 2.28. The van der Waals surface area contributed by atoms with Gasteiger partial charge in [0, 0.05) is 43.2 Å². The molecule has 0 saturated heterocycles. The smallest absolute Gasteiger partial charge is 0.270 e. The van der Waals surface area contributed by atoms with Gasteiger partial charge in [-0.05, 0) is 48.5 Å². The van der Waals surface area contributed by atoms with Crippen LogP contribution >= 0.6 is 11.6 Å². The number of fused-ring (bicyclic) bond motifs is 1. The number of halogens is 1. The number of non-ortho nitro benzene ring substituents is 1. The van der Waals surface area contributed by atoms with E-state index in [1.807, 2.05) is 43.3 Å². The molecule has 4 rings (SSSR count). The lowest BCUT2D eigenvalue weighted by Crippen LogP contribution is -2.12. The minimum Gasteiger partial charge on any atom is -0.436 e. The first-order valence-corrected chi connectivity index (χ1v) is 9.63. The topological polar surface area (TPSA) is 102 Å². The third kappa shape index (κ3) is 4.19. The molecule has 4 aromatic rings. The number of nitrogens with one attached hydrogen (secondary N) is 1. The molecule has 0 atom stereocenters. The average molecular weight is 437 g/mol. The predicted octanol–water partition coefficient (Wildman–Crippen LogP) is 5.37. The lowest BCUT2D eigenvalue weighted by atomic mass is 10.1. The number of hydrogen-bond donors (Lipinski definition) is 1. The number of carbonyl (C=O) groups is 1. The summed E-state index contributed by atoms with van der Waals surface area (Å²) in [5.74, 6) is -0.0958. The molecule has 31 heavy (non-hydrogen) atoms. The van der Waals surface area contributed by atoms with Crippen molar-refractivity contribution in [2.45, 2.75) is 0 Å². The fraction of sp³-hybridized carbons (Fsp3) is 0.0909. The molecular weight excluding hydrogens is 420 g/mol. The summed E-state index contributed by atoms with van der Waals surface area (Å²) in [5.41, 5.74) is 3.28. The highest BCUT2D eigenvalue weighted by Gasteiger charge is 2.17.